The average Bonchev–Trinajstić information content (AvgIpc) is 2.71. The number of fused-ring (bicyclic) bond motifs is 1. The van der Waals surface area contributed by atoms with Crippen molar-refractivity contribution in [3.05, 3.63) is 12.1 Å². The van der Waals surface area contributed by atoms with Gasteiger partial charge in [0.05, 0.1) is 13.7 Å². The minimum atomic E-state index is 0.212. The van der Waals surface area contributed by atoms with E-state index >= 15 is 0 Å². The second-order valence-electron chi connectivity index (χ2n) is 3.41. The third kappa shape index (κ3) is 2.23. The van der Waals surface area contributed by atoms with Crippen molar-refractivity contribution in [3.63, 3.8) is 0 Å². The molecule has 0 bridgehead atoms. The molecule has 0 saturated heterocycles. The summed E-state index contributed by atoms with van der Waals surface area (Å²) in [5, 5.41) is 7.28. The topological polar surface area (TPSA) is 86.7 Å². The molecule has 0 aromatic carbocycles. The first-order valence-corrected chi connectivity index (χ1v) is 5.18. The largest absolute Gasteiger partial charge is 0.493 e. The van der Waals surface area contributed by atoms with Crippen LogP contribution in [0.2, 0.25) is 0 Å². The number of methoxy groups -OCH3 is 2. The average molecular weight is 237 g/mol. The van der Waals surface area contributed by atoms with Crippen molar-refractivity contribution in [2.45, 2.75) is 0 Å². The molecule has 0 spiro atoms. The van der Waals surface area contributed by atoms with Crippen LogP contribution in [-0.4, -0.2) is 42.0 Å². The van der Waals surface area contributed by atoms with E-state index in [1.807, 2.05) is 12.1 Å². The van der Waals surface area contributed by atoms with Crippen LogP contribution in [-0.2, 0) is 4.74 Å². The highest BCUT2D eigenvalue weighted by molar-refractivity contribution is 5.60. The van der Waals surface area contributed by atoms with Gasteiger partial charge in [0.2, 0.25) is 11.6 Å². The number of aromatic nitrogens is 3. The Morgan fingerprint density at radius 2 is 2.24 bits per heavy atom. The number of anilines is 2. The van der Waals surface area contributed by atoms with Gasteiger partial charge in [-0.15, -0.1) is 5.10 Å². The number of ether oxygens (including phenoxy) is 2. The lowest BCUT2D eigenvalue weighted by Gasteiger charge is -2.08. The van der Waals surface area contributed by atoms with Gasteiger partial charge in [0.15, 0.2) is 5.75 Å². The van der Waals surface area contributed by atoms with Crippen LogP contribution in [0.3, 0.4) is 0 Å². The zero-order valence-corrected chi connectivity index (χ0v) is 9.80. The van der Waals surface area contributed by atoms with Crippen LogP contribution in [0.4, 0.5) is 11.8 Å². The molecule has 0 aliphatic rings. The maximum absolute atomic E-state index is 5.59. The van der Waals surface area contributed by atoms with E-state index in [2.05, 4.69) is 15.4 Å². The number of nitrogens with two attached hydrogens (primary N) is 1. The molecule has 0 aliphatic heterocycles. The summed E-state index contributed by atoms with van der Waals surface area (Å²) in [4.78, 5) is 4.11. The first-order chi connectivity index (χ1) is 8.26. The molecule has 17 heavy (non-hydrogen) atoms. The molecule has 7 heteroatoms. The number of nitrogens with one attached hydrogen (secondary N) is 1. The van der Waals surface area contributed by atoms with E-state index < -0.39 is 0 Å². The second kappa shape index (κ2) is 4.88. The first-order valence-electron chi connectivity index (χ1n) is 5.18. The molecule has 0 atom stereocenters. The Kier molecular flexibility index (Phi) is 3.29. The maximum Gasteiger partial charge on any atom is 0.240 e. The smallest absolute Gasteiger partial charge is 0.240 e. The Hall–Kier alpha value is -2.02. The molecule has 2 aromatic heterocycles. The lowest BCUT2D eigenvalue weighted by atomic mass is 10.4. The summed E-state index contributed by atoms with van der Waals surface area (Å²) in [5.74, 6) is 1.64. The zero-order chi connectivity index (χ0) is 12.3. The number of nitrogen functional groups attached to an aromatic ring is 1. The number of pyridine rings is 1. The van der Waals surface area contributed by atoms with E-state index in [4.69, 9.17) is 15.2 Å². The van der Waals surface area contributed by atoms with Crippen molar-refractivity contribution in [1.82, 2.24) is 14.6 Å². The van der Waals surface area contributed by atoms with Crippen LogP contribution >= 0.6 is 0 Å². The number of rotatable bonds is 5. The van der Waals surface area contributed by atoms with Crippen LogP contribution in [0.1, 0.15) is 0 Å². The van der Waals surface area contributed by atoms with E-state index in [1.165, 1.54) is 0 Å². The molecule has 2 aromatic rings. The molecule has 3 N–H and O–H groups in total. The van der Waals surface area contributed by atoms with Crippen molar-refractivity contribution < 1.29 is 9.47 Å². The summed E-state index contributed by atoms with van der Waals surface area (Å²) in [5.41, 5.74) is 6.18. The Balaban J connectivity index is 2.36. The molecule has 2 heterocycles. The summed E-state index contributed by atoms with van der Waals surface area (Å²) in [6.07, 6.45) is 0. The Morgan fingerprint density at radius 1 is 1.41 bits per heavy atom. The standard InChI is InChI=1S/C10H15N5O2/c1-16-6-5-12-8-4-3-7(17-2)9-13-10(11)14-15(8)9/h3-4,12H,5-6H2,1-2H3,(H2,11,14). The van der Waals surface area contributed by atoms with Gasteiger partial charge < -0.3 is 20.5 Å². The van der Waals surface area contributed by atoms with E-state index in [9.17, 15) is 0 Å². The SMILES string of the molecule is COCCNc1ccc(OC)c2nc(N)nn12. The zero-order valence-electron chi connectivity index (χ0n) is 9.80. The van der Waals surface area contributed by atoms with Gasteiger partial charge in [-0.05, 0) is 12.1 Å². The molecule has 2 rings (SSSR count). The van der Waals surface area contributed by atoms with Crippen LogP contribution in [0.25, 0.3) is 5.65 Å². The molecule has 0 unspecified atom stereocenters. The van der Waals surface area contributed by atoms with Crippen molar-refractivity contribution in [2.24, 2.45) is 0 Å². The van der Waals surface area contributed by atoms with Gasteiger partial charge in [-0.2, -0.15) is 9.50 Å². The van der Waals surface area contributed by atoms with Crippen LogP contribution < -0.4 is 15.8 Å². The molecule has 0 radical (unpaired) electrons. The van der Waals surface area contributed by atoms with E-state index in [1.54, 1.807) is 18.7 Å². The van der Waals surface area contributed by atoms with Crippen LogP contribution in [0.15, 0.2) is 12.1 Å². The Labute approximate surface area is 98.5 Å². The van der Waals surface area contributed by atoms with Gasteiger partial charge in [0, 0.05) is 13.7 Å². The summed E-state index contributed by atoms with van der Waals surface area (Å²) >= 11 is 0. The third-order valence-corrected chi connectivity index (χ3v) is 2.30. The van der Waals surface area contributed by atoms with Crippen LogP contribution in [0.5, 0.6) is 5.75 Å². The van der Waals surface area contributed by atoms with Gasteiger partial charge in [0.25, 0.3) is 0 Å². The highest BCUT2D eigenvalue weighted by atomic mass is 16.5. The molecule has 92 valence electrons. The van der Waals surface area contributed by atoms with Crippen molar-refractivity contribution in [1.29, 1.82) is 0 Å². The molecule has 0 fully saturated rings. The maximum atomic E-state index is 5.59. The van der Waals surface area contributed by atoms with Gasteiger partial charge in [0.1, 0.15) is 5.82 Å². The molecular formula is C10H15N5O2. The van der Waals surface area contributed by atoms with E-state index in [0.717, 1.165) is 5.82 Å². The lowest BCUT2D eigenvalue weighted by Crippen LogP contribution is -2.11. The lowest BCUT2D eigenvalue weighted by molar-refractivity contribution is 0.210. The van der Waals surface area contributed by atoms with Gasteiger partial charge in [-0.3, -0.25) is 0 Å². The van der Waals surface area contributed by atoms with Gasteiger partial charge >= 0.3 is 0 Å². The molecular weight excluding hydrogens is 222 g/mol. The first kappa shape index (κ1) is 11.5. The highest BCUT2D eigenvalue weighted by Gasteiger charge is 2.10. The number of hydrogen-bond donors (Lipinski definition) is 2. The Bertz CT molecular complexity index is 511. The van der Waals surface area contributed by atoms with Gasteiger partial charge in [-0.25, -0.2) is 0 Å². The summed E-state index contributed by atoms with van der Waals surface area (Å²) in [6, 6.07) is 3.67. The predicted octanol–water partition coefficient (Wildman–Crippen LogP) is 0.378. The molecule has 0 aliphatic carbocycles. The van der Waals surface area contributed by atoms with Gasteiger partial charge in [-0.1, -0.05) is 0 Å². The fraction of sp³-hybridized carbons (Fsp3) is 0.400. The normalized spacial score (nSPS) is 10.7. The summed E-state index contributed by atoms with van der Waals surface area (Å²) in [7, 11) is 3.23. The van der Waals surface area contributed by atoms with E-state index in [-0.39, 0.29) is 5.95 Å². The fourth-order valence-corrected chi connectivity index (χ4v) is 1.53. The highest BCUT2D eigenvalue weighted by Crippen LogP contribution is 2.22. The summed E-state index contributed by atoms with van der Waals surface area (Å²) in [6.45, 7) is 1.29. The Morgan fingerprint density at radius 3 is 2.94 bits per heavy atom. The van der Waals surface area contributed by atoms with Crippen molar-refractivity contribution in [3.8, 4) is 5.75 Å². The number of nitrogens with zero attached hydrogens (tertiary/aromatic N) is 3. The monoisotopic (exact) mass is 237 g/mol. The van der Waals surface area contributed by atoms with E-state index in [0.29, 0.717) is 24.5 Å². The molecule has 0 saturated carbocycles. The predicted molar refractivity (Wildman–Crippen MR) is 64.3 cm³/mol. The summed E-state index contributed by atoms with van der Waals surface area (Å²) < 4.78 is 11.8. The van der Waals surface area contributed by atoms with Crippen molar-refractivity contribution >= 4 is 17.4 Å². The second-order valence-corrected chi connectivity index (χ2v) is 3.41. The molecule has 7 nitrogen and oxygen atoms in total. The fourth-order valence-electron chi connectivity index (χ4n) is 1.53. The minimum absolute atomic E-state index is 0.212. The van der Waals surface area contributed by atoms with Crippen LogP contribution in [0, 0.1) is 0 Å². The molecule has 0 amide bonds. The quantitative estimate of drug-likeness (QED) is 0.731. The number of hydrogen-bond acceptors (Lipinski definition) is 6. The third-order valence-electron chi connectivity index (χ3n) is 2.30. The minimum Gasteiger partial charge on any atom is -0.493 e. The van der Waals surface area contributed by atoms with Crippen molar-refractivity contribution in [2.75, 3.05) is 38.4 Å².